The number of nitrogens with one attached hydrogen (secondary N) is 1. The van der Waals surface area contributed by atoms with E-state index < -0.39 is 5.91 Å². The van der Waals surface area contributed by atoms with E-state index in [1.807, 2.05) is 37.3 Å². The number of ether oxygens (including phenoxy) is 3. The van der Waals surface area contributed by atoms with Crippen LogP contribution in [0.2, 0.25) is 0 Å². The molecule has 0 aromatic heterocycles. The predicted octanol–water partition coefficient (Wildman–Crippen LogP) is 3.87. The summed E-state index contributed by atoms with van der Waals surface area (Å²) in [6, 6.07) is 14.9. The second-order valence-electron chi connectivity index (χ2n) is 7.03. The lowest BCUT2D eigenvalue weighted by molar-refractivity contribution is -0.112. The largest absolute Gasteiger partial charge is 0.493 e. The first-order valence-corrected chi connectivity index (χ1v) is 10.3. The minimum absolute atomic E-state index is 0.00142. The summed E-state index contributed by atoms with van der Waals surface area (Å²) in [5.74, 6) is 0.718. The molecule has 2 aromatic rings. The summed E-state index contributed by atoms with van der Waals surface area (Å²) in [5, 5.41) is 12.3. The lowest BCUT2D eigenvalue weighted by Crippen LogP contribution is -2.36. The van der Waals surface area contributed by atoms with Gasteiger partial charge in [-0.3, -0.25) is 4.79 Å². The van der Waals surface area contributed by atoms with Gasteiger partial charge in [0.1, 0.15) is 11.6 Å². The van der Waals surface area contributed by atoms with Crippen LogP contribution < -0.4 is 19.7 Å². The molecule has 1 N–H and O–H groups in total. The van der Waals surface area contributed by atoms with Crippen LogP contribution in [0.1, 0.15) is 18.9 Å². The molecule has 31 heavy (non-hydrogen) atoms. The Morgan fingerprint density at radius 3 is 2.58 bits per heavy atom. The maximum absolute atomic E-state index is 12.6. The Labute approximate surface area is 182 Å². The average Bonchev–Trinajstić information content (AvgIpc) is 2.82. The lowest BCUT2D eigenvalue weighted by atomic mass is 10.1. The molecule has 7 heteroatoms. The van der Waals surface area contributed by atoms with Crippen molar-refractivity contribution >= 4 is 23.4 Å². The van der Waals surface area contributed by atoms with Crippen LogP contribution >= 0.6 is 0 Å². The molecule has 0 bridgehead atoms. The van der Waals surface area contributed by atoms with Crippen molar-refractivity contribution in [2.45, 2.75) is 13.3 Å². The fourth-order valence-corrected chi connectivity index (χ4v) is 3.20. The quantitative estimate of drug-likeness (QED) is 0.515. The predicted molar refractivity (Wildman–Crippen MR) is 120 cm³/mol. The first-order chi connectivity index (χ1) is 15.1. The van der Waals surface area contributed by atoms with Gasteiger partial charge in [0.25, 0.3) is 5.91 Å². The van der Waals surface area contributed by atoms with Crippen molar-refractivity contribution in [1.29, 1.82) is 5.26 Å². The van der Waals surface area contributed by atoms with Crippen molar-refractivity contribution in [3.63, 3.8) is 0 Å². The number of morpholine rings is 1. The van der Waals surface area contributed by atoms with Crippen LogP contribution in [-0.2, 0) is 9.53 Å². The Morgan fingerprint density at radius 2 is 1.94 bits per heavy atom. The number of methoxy groups -OCH3 is 1. The SMILES string of the molecule is CCCOc1ccc(/C=C(\C#N)C(=O)Nc2ccc(N3CCOCC3)cc2)cc1OC. The van der Waals surface area contributed by atoms with Crippen LogP contribution in [0.4, 0.5) is 11.4 Å². The number of nitriles is 1. The van der Waals surface area contributed by atoms with Crippen LogP contribution in [0, 0.1) is 11.3 Å². The molecule has 1 fully saturated rings. The number of carbonyl (C=O) groups excluding carboxylic acids is 1. The smallest absolute Gasteiger partial charge is 0.266 e. The van der Waals surface area contributed by atoms with Gasteiger partial charge in [-0.25, -0.2) is 0 Å². The molecule has 0 atom stereocenters. The van der Waals surface area contributed by atoms with E-state index in [1.54, 1.807) is 25.3 Å². The van der Waals surface area contributed by atoms with E-state index in [2.05, 4.69) is 10.2 Å². The van der Waals surface area contributed by atoms with Gasteiger partial charge in [-0.1, -0.05) is 13.0 Å². The van der Waals surface area contributed by atoms with Crippen molar-refractivity contribution in [3.05, 3.63) is 53.6 Å². The number of anilines is 2. The fraction of sp³-hybridized carbons (Fsp3) is 0.333. The molecule has 162 valence electrons. The van der Waals surface area contributed by atoms with E-state index in [0.717, 1.165) is 25.2 Å². The Kier molecular flexibility index (Phi) is 7.91. The summed E-state index contributed by atoms with van der Waals surface area (Å²) in [7, 11) is 1.56. The van der Waals surface area contributed by atoms with E-state index in [4.69, 9.17) is 14.2 Å². The molecule has 1 saturated heterocycles. The van der Waals surface area contributed by atoms with E-state index in [0.29, 0.717) is 42.6 Å². The number of hydrogen-bond acceptors (Lipinski definition) is 6. The highest BCUT2D eigenvalue weighted by molar-refractivity contribution is 6.09. The first kappa shape index (κ1) is 22.2. The van der Waals surface area contributed by atoms with Gasteiger partial charge in [-0.2, -0.15) is 5.26 Å². The van der Waals surface area contributed by atoms with E-state index in [1.165, 1.54) is 6.08 Å². The van der Waals surface area contributed by atoms with Gasteiger partial charge in [0.2, 0.25) is 0 Å². The second kappa shape index (κ2) is 11.0. The molecule has 0 radical (unpaired) electrons. The van der Waals surface area contributed by atoms with E-state index in [-0.39, 0.29) is 5.57 Å². The highest BCUT2D eigenvalue weighted by Crippen LogP contribution is 2.29. The monoisotopic (exact) mass is 421 g/mol. The van der Waals surface area contributed by atoms with E-state index >= 15 is 0 Å². The molecule has 0 aliphatic carbocycles. The molecule has 0 unspecified atom stereocenters. The molecule has 3 rings (SSSR count). The normalized spacial score (nSPS) is 14.0. The number of benzene rings is 2. The van der Waals surface area contributed by atoms with Crippen molar-refractivity contribution in [1.82, 2.24) is 0 Å². The van der Waals surface area contributed by atoms with Crippen molar-refractivity contribution in [2.75, 3.05) is 50.2 Å². The van der Waals surface area contributed by atoms with Gasteiger partial charge in [-0.15, -0.1) is 0 Å². The van der Waals surface area contributed by atoms with Gasteiger partial charge in [0, 0.05) is 24.5 Å². The van der Waals surface area contributed by atoms with Gasteiger partial charge in [-0.05, 0) is 54.5 Å². The van der Waals surface area contributed by atoms with Crippen LogP contribution in [0.5, 0.6) is 11.5 Å². The summed E-state index contributed by atoms with van der Waals surface area (Å²) in [6.45, 7) is 5.73. The Morgan fingerprint density at radius 1 is 1.19 bits per heavy atom. The number of rotatable bonds is 8. The molecule has 7 nitrogen and oxygen atoms in total. The standard InChI is InChI=1S/C24H27N3O4/c1-3-12-31-22-9-4-18(16-23(22)29-2)15-19(17-25)24(28)26-20-5-7-21(8-6-20)27-10-13-30-14-11-27/h4-9,15-16H,3,10-14H2,1-2H3,(H,26,28)/b19-15+. The van der Waals surface area contributed by atoms with Crippen LogP contribution in [0.3, 0.4) is 0 Å². The third-order valence-electron chi connectivity index (χ3n) is 4.83. The van der Waals surface area contributed by atoms with Gasteiger partial charge in [0.05, 0.1) is 26.9 Å². The molecule has 0 saturated carbocycles. The third kappa shape index (κ3) is 6.00. The van der Waals surface area contributed by atoms with Crippen molar-refractivity contribution < 1.29 is 19.0 Å². The van der Waals surface area contributed by atoms with Crippen molar-refractivity contribution in [2.24, 2.45) is 0 Å². The zero-order valence-corrected chi connectivity index (χ0v) is 17.9. The van der Waals surface area contributed by atoms with Gasteiger partial charge >= 0.3 is 0 Å². The van der Waals surface area contributed by atoms with E-state index in [9.17, 15) is 10.1 Å². The zero-order valence-electron chi connectivity index (χ0n) is 17.9. The van der Waals surface area contributed by atoms with Crippen LogP contribution in [0.25, 0.3) is 6.08 Å². The third-order valence-corrected chi connectivity index (χ3v) is 4.83. The zero-order chi connectivity index (χ0) is 22.1. The molecular weight excluding hydrogens is 394 g/mol. The maximum atomic E-state index is 12.6. The topological polar surface area (TPSA) is 83.8 Å². The van der Waals surface area contributed by atoms with Crippen LogP contribution in [0.15, 0.2) is 48.0 Å². The molecule has 1 heterocycles. The summed E-state index contributed by atoms with van der Waals surface area (Å²) in [4.78, 5) is 14.8. The number of hydrogen-bond donors (Lipinski definition) is 1. The van der Waals surface area contributed by atoms with Crippen LogP contribution in [-0.4, -0.2) is 45.9 Å². The summed E-state index contributed by atoms with van der Waals surface area (Å²) >= 11 is 0. The molecule has 0 spiro atoms. The minimum Gasteiger partial charge on any atom is -0.493 e. The Bertz CT molecular complexity index is 958. The fourth-order valence-electron chi connectivity index (χ4n) is 3.20. The molecule has 1 aliphatic heterocycles. The lowest BCUT2D eigenvalue weighted by Gasteiger charge is -2.28. The highest BCUT2D eigenvalue weighted by Gasteiger charge is 2.13. The molecule has 1 aliphatic rings. The Hall–Kier alpha value is -3.50. The molecular formula is C24H27N3O4. The summed E-state index contributed by atoms with van der Waals surface area (Å²) in [5.41, 5.74) is 2.38. The maximum Gasteiger partial charge on any atom is 0.266 e. The molecule has 2 aromatic carbocycles. The average molecular weight is 421 g/mol. The number of nitrogens with zero attached hydrogens (tertiary/aromatic N) is 2. The highest BCUT2D eigenvalue weighted by atomic mass is 16.5. The summed E-state index contributed by atoms with van der Waals surface area (Å²) < 4.78 is 16.4. The molecule has 1 amide bonds. The number of carbonyl (C=O) groups is 1. The second-order valence-corrected chi connectivity index (χ2v) is 7.03. The van der Waals surface area contributed by atoms with Crippen molar-refractivity contribution in [3.8, 4) is 17.6 Å². The van der Waals surface area contributed by atoms with Gasteiger partial charge < -0.3 is 24.4 Å². The first-order valence-electron chi connectivity index (χ1n) is 10.3. The minimum atomic E-state index is -0.466. The summed E-state index contributed by atoms with van der Waals surface area (Å²) in [6.07, 6.45) is 2.42. The number of amides is 1. The van der Waals surface area contributed by atoms with Gasteiger partial charge in [0.15, 0.2) is 11.5 Å². The Balaban J connectivity index is 1.69.